The highest BCUT2D eigenvalue weighted by molar-refractivity contribution is 5.86. The first-order chi connectivity index (χ1) is 9.82. The highest BCUT2D eigenvalue weighted by atomic mass is 16.1. The van der Waals surface area contributed by atoms with Crippen LogP contribution in [0.1, 0.15) is 47.5 Å². The monoisotopic (exact) mass is 284 g/mol. The maximum atomic E-state index is 12.6. The van der Waals surface area contributed by atoms with Gasteiger partial charge in [0.1, 0.15) is 5.78 Å². The SMILES string of the molecule is CC1=C[C@@H]2C([C@@H]3CC(C)C(=O)C3C1)[C@H](C)C=C1[C@H]2C1(C)C. The third kappa shape index (κ3) is 1.72. The van der Waals surface area contributed by atoms with E-state index in [2.05, 4.69) is 46.8 Å². The van der Waals surface area contributed by atoms with E-state index in [9.17, 15) is 4.79 Å². The summed E-state index contributed by atoms with van der Waals surface area (Å²) in [7, 11) is 0. The summed E-state index contributed by atoms with van der Waals surface area (Å²) in [6.07, 6.45) is 7.27. The molecule has 4 aliphatic carbocycles. The largest absolute Gasteiger partial charge is 0.299 e. The van der Waals surface area contributed by atoms with Crippen molar-refractivity contribution in [3.05, 3.63) is 23.3 Å². The molecule has 0 saturated heterocycles. The lowest BCUT2D eigenvalue weighted by Gasteiger charge is -2.37. The molecule has 114 valence electrons. The standard InChI is InChI=1S/C20H28O/c1-10-6-14-13(8-12(3)19(14)21)17-11(2)9-16-18(15(17)7-10)20(16,4)5/h7,9,11-15,17-18H,6,8H2,1-5H3/t11-,12?,13-,14?,15-,17?,18+/m1/s1. The Morgan fingerprint density at radius 3 is 2.62 bits per heavy atom. The molecule has 3 unspecified atom stereocenters. The van der Waals surface area contributed by atoms with Gasteiger partial charge in [-0.25, -0.2) is 0 Å². The van der Waals surface area contributed by atoms with Crippen LogP contribution in [0.2, 0.25) is 0 Å². The quantitative estimate of drug-likeness (QED) is 0.592. The molecule has 21 heavy (non-hydrogen) atoms. The van der Waals surface area contributed by atoms with Crippen LogP contribution in [0.3, 0.4) is 0 Å². The number of hydrogen-bond acceptors (Lipinski definition) is 1. The van der Waals surface area contributed by atoms with E-state index in [-0.39, 0.29) is 5.92 Å². The molecule has 0 spiro atoms. The molecule has 0 radical (unpaired) electrons. The van der Waals surface area contributed by atoms with Crippen LogP contribution in [0.5, 0.6) is 0 Å². The van der Waals surface area contributed by atoms with Crippen LogP contribution in [0, 0.1) is 46.8 Å². The molecule has 0 aliphatic heterocycles. The predicted octanol–water partition coefficient (Wildman–Crippen LogP) is 4.64. The first-order valence-electron chi connectivity index (χ1n) is 8.75. The number of rotatable bonds is 0. The molecule has 0 heterocycles. The van der Waals surface area contributed by atoms with Crippen LogP contribution in [0.4, 0.5) is 0 Å². The summed E-state index contributed by atoms with van der Waals surface area (Å²) in [5.74, 6) is 4.52. The van der Waals surface area contributed by atoms with Crippen molar-refractivity contribution in [1.29, 1.82) is 0 Å². The average molecular weight is 284 g/mol. The van der Waals surface area contributed by atoms with Gasteiger partial charge >= 0.3 is 0 Å². The maximum Gasteiger partial charge on any atom is 0.139 e. The lowest BCUT2D eigenvalue weighted by atomic mass is 9.67. The Morgan fingerprint density at radius 1 is 1.19 bits per heavy atom. The highest BCUT2D eigenvalue weighted by Gasteiger charge is 2.62. The number of carbonyl (C=O) groups excluding carboxylic acids is 1. The smallest absolute Gasteiger partial charge is 0.139 e. The first-order valence-corrected chi connectivity index (χ1v) is 8.75. The number of hydrogen-bond donors (Lipinski definition) is 0. The molecule has 4 aliphatic rings. The minimum absolute atomic E-state index is 0.288. The number of fused-ring (bicyclic) bond motifs is 5. The second kappa shape index (κ2) is 4.12. The van der Waals surface area contributed by atoms with Gasteiger partial charge in [-0.05, 0) is 54.8 Å². The Labute approximate surface area is 128 Å². The molecule has 1 heteroatoms. The summed E-state index contributed by atoms with van der Waals surface area (Å²) >= 11 is 0. The molecular weight excluding hydrogens is 256 g/mol. The van der Waals surface area contributed by atoms with Crippen LogP contribution in [0.15, 0.2) is 23.3 Å². The second-order valence-electron chi connectivity index (χ2n) is 8.86. The van der Waals surface area contributed by atoms with Crippen molar-refractivity contribution < 1.29 is 4.79 Å². The van der Waals surface area contributed by atoms with Crippen LogP contribution in [-0.2, 0) is 4.79 Å². The number of allylic oxidation sites excluding steroid dienone is 4. The minimum atomic E-state index is 0.288. The molecule has 2 saturated carbocycles. The zero-order chi connectivity index (χ0) is 15.1. The van der Waals surface area contributed by atoms with E-state index in [0.717, 1.165) is 18.8 Å². The van der Waals surface area contributed by atoms with Gasteiger partial charge in [0, 0.05) is 11.8 Å². The van der Waals surface area contributed by atoms with Gasteiger partial charge in [0.25, 0.3) is 0 Å². The summed E-state index contributed by atoms with van der Waals surface area (Å²) < 4.78 is 0. The summed E-state index contributed by atoms with van der Waals surface area (Å²) in [6.45, 7) is 11.6. The minimum Gasteiger partial charge on any atom is -0.299 e. The molecule has 1 nitrogen and oxygen atoms in total. The summed E-state index contributed by atoms with van der Waals surface area (Å²) in [6, 6.07) is 0. The van der Waals surface area contributed by atoms with Crippen molar-refractivity contribution in [1.82, 2.24) is 0 Å². The molecule has 4 rings (SSSR count). The van der Waals surface area contributed by atoms with E-state index in [1.807, 2.05) is 0 Å². The zero-order valence-electron chi connectivity index (χ0n) is 14.0. The fourth-order valence-corrected chi connectivity index (χ4v) is 6.16. The summed E-state index contributed by atoms with van der Waals surface area (Å²) in [5, 5.41) is 0. The summed E-state index contributed by atoms with van der Waals surface area (Å²) in [5.41, 5.74) is 3.56. The van der Waals surface area contributed by atoms with E-state index >= 15 is 0 Å². The summed E-state index contributed by atoms with van der Waals surface area (Å²) in [4.78, 5) is 12.6. The third-order valence-electron chi connectivity index (χ3n) is 7.16. The van der Waals surface area contributed by atoms with Crippen LogP contribution in [-0.4, -0.2) is 5.78 Å². The molecule has 0 aromatic carbocycles. The van der Waals surface area contributed by atoms with Crippen molar-refractivity contribution >= 4 is 5.78 Å². The number of ketones is 1. The van der Waals surface area contributed by atoms with E-state index in [1.165, 1.54) is 5.57 Å². The molecular formula is C20H28O. The van der Waals surface area contributed by atoms with E-state index in [0.29, 0.717) is 40.8 Å². The lowest BCUT2D eigenvalue weighted by molar-refractivity contribution is -0.124. The van der Waals surface area contributed by atoms with E-state index < -0.39 is 0 Å². The second-order valence-corrected chi connectivity index (χ2v) is 8.86. The van der Waals surface area contributed by atoms with Crippen LogP contribution >= 0.6 is 0 Å². The van der Waals surface area contributed by atoms with Gasteiger partial charge in [0.2, 0.25) is 0 Å². The van der Waals surface area contributed by atoms with Crippen molar-refractivity contribution in [3.63, 3.8) is 0 Å². The van der Waals surface area contributed by atoms with Crippen molar-refractivity contribution in [3.8, 4) is 0 Å². The Bertz CT molecular complexity index is 564. The molecule has 0 bridgehead atoms. The van der Waals surface area contributed by atoms with Crippen LogP contribution < -0.4 is 0 Å². The van der Waals surface area contributed by atoms with Crippen molar-refractivity contribution in [2.75, 3.05) is 0 Å². The molecule has 7 atom stereocenters. The molecule has 2 fully saturated rings. The maximum absolute atomic E-state index is 12.6. The third-order valence-corrected chi connectivity index (χ3v) is 7.16. The van der Waals surface area contributed by atoms with Crippen molar-refractivity contribution in [2.45, 2.75) is 47.5 Å². The fraction of sp³-hybridized carbons (Fsp3) is 0.750. The highest BCUT2D eigenvalue weighted by Crippen LogP contribution is 2.69. The first kappa shape index (κ1) is 13.8. The lowest BCUT2D eigenvalue weighted by Crippen LogP contribution is -2.33. The number of carbonyl (C=O) groups is 1. The molecule has 0 aromatic rings. The van der Waals surface area contributed by atoms with Gasteiger partial charge in [-0.15, -0.1) is 0 Å². The van der Waals surface area contributed by atoms with Crippen molar-refractivity contribution in [2.24, 2.45) is 46.8 Å². The molecule has 0 aromatic heterocycles. The van der Waals surface area contributed by atoms with Gasteiger partial charge < -0.3 is 0 Å². The fourth-order valence-electron chi connectivity index (χ4n) is 6.16. The van der Waals surface area contributed by atoms with Crippen LogP contribution in [0.25, 0.3) is 0 Å². The molecule has 0 N–H and O–H groups in total. The van der Waals surface area contributed by atoms with Gasteiger partial charge in [-0.1, -0.05) is 51.0 Å². The Hall–Kier alpha value is -0.850. The van der Waals surface area contributed by atoms with Gasteiger partial charge in [0.05, 0.1) is 0 Å². The van der Waals surface area contributed by atoms with Gasteiger partial charge in [0.15, 0.2) is 0 Å². The number of Topliss-reactive ketones (excluding diaryl/α,β-unsaturated/α-hetero) is 1. The zero-order valence-corrected chi connectivity index (χ0v) is 14.0. The Morgan fingerprint density at radius 2 is 1.90 bits per heavy atom. The Kier molecular flexibility index (Phi) is 2.70. The molecule has 0 amide bonds. The average Bonchev–Trinajstić information content (AvgIpc) is 2.88. The van der Waals surface area contributed by atoms with Gasteiger partial charge in [-0.2, -0.15) is 0 Å². The topological polar surface area (TPSA) is 17.1 Å². The normalized spacial score (nSPS) is 50.3. The predicted molar refractivity (Wildman–Crippen MR) is 85.6 cm³/mol. The van der Waals surface area contributed by atoms with E-state index in [1.54, 1.807) is 5.57 Å². The van der Waals surface area contributed by atoms with E-state index in [4.69, 9.17) is 0 Å². The van der Waals surface area contributed by atoms with Gasteiger partial charge in [-0.3, -0.25) is 4.79 Å². The Balaban J connectivity index is 1.78.